The monoisotopic (exact) mass is 484 g/mol. The molecular formula is C27H35BF2N2O3. The maximum atomic E-state index is 13.8. The molecule has 3 rings (SSSR count). The van der Waals surface area contributed by atoms with E-state index in [1.54, 1.807) is 20.8 Å². The number of aliphatic hydroxyl groups excluding tert-OH is 1. The van der Waals surface area contributed by atoms with Crippen molar-refractivity contribution in [2.45, 2.75) is 83.6 Å². The molecule has 0 fully saturated rings. The lowest BCUT2D eigenvalue weighted by Gasteiger charge is -2.31. The topological polar surface area (TPSA) is 70.6 Å². The number of nitrogens with one attached hydrogen (secondary N) is 2. The highest BCUT2D eigenvalue weighted by Crippen LogP contribution is 2.29. The zero-order valence-corrected chi connectivity index (χ0v) is 21.0. The molecule has 0 saturated heterocycles. The third-order valence-corrected chi connectivity index (χ3v) is 6.20. The lowest BCUT2D eigenvalue weighted by atomic mass is 9.77. The van der Waals surface area contributed by atoms with Crippen LogP contribution in [0.2, 0.25) is 0 Å². The van der Waals surface area contributed by atoms with Crippen molar-refractivity contribution in [3.8, 4) is 0 Å². The summed E-state index contributed by atoms with van der Waals surface area (Å²) in [5.74, 6) is -1.43. The lowest BCUT2D eigenvalue weighted by molar-refractivity contribution is 0.0419. The summed E-state index contributed by atoms with van der Waals surface area (Å²) in [5.41, 5.74) is 3.83. The Bertz CT molecular complexity index is 1020. The van der Waals surface area contributed by atoms with Crippen LogP contribution in [0.5, 0.6) is 0 Å². The highest BCUT2D eigenvalue weighted by molar-refractivity contribution is 6.33. The van der Waals surface area contributed by atoms with Gasteiger partial charge in [0.2, 0.25) is 0 Å². The second-order valence-corrected chi connectivity index (χ2v) is 10.3. The smallest absolute Gasteiger partial charge is 0.407 e. The van der Waals surface area contributed by atoms with Crippen LogP contribution in [-0.4, -0.2) is 43.3 Å². The predicted octanol–water partition coefficient (Wildman–Crippen LogP) is 3.78. The molecule has 0 aromatic heterocycles. The molecule has 1 aliphatic carbocycles. The third kappa shape index (κ3) is 7.77. The Morgan fingerprint density at radius 2 is 1.86 bits per heavy atom. The maximum absolute atomic E-state index is 13.8. The van der Waals surface area contributed by atoms with Crippen LogP contribution in [0.4, 0.5) is 13.6 Å². The zero-order valence-electron chi connectivity index (χ0n) is 21.0. The Morgan fingerprint density at radius 1 is 1.17 bits per heavy atom. The van der Waals surface area contributed by atoms with E-state index < -0.39 is 35.5 Å². The first-order chi connectivity index (χ1) is 16.4. The molecule has 2 aromatic rings. The summed E-state index contributed by atoms with van der Waals surface area (Å²) in [6.45, 7) is 7.45. The van der Waals surface area contributed by atoms with Crippen LogP contribution in [0, 0.1) is 11.6 Å². The van der Waals surface area contributed by atoms with Gasteiger partial charge in [0, 0.05) is 18.7 Å². The zero-order chi connectivity index (χ0) is 25.8. The van der Waals surface area contributed by atoms with Crippen LogP contribution in [0.15, 0.2) is 30.3 Å². The van der Waals surface area contributed by atoms with Gasteiger partial charge >= 0.3 is 6.09 Å². The number of carbonyl (C=O) groups is 1. The maximum Gasteiger partial charge on any atom is 0.407 e. The van der Waals surface area contributed by atoms with Crippen molar-refractivity contribution >= 4 is 19.4 Å². The molecule has 0 aliphatic heterocycles. The molecule has 35 heavy (non-hydrogen) atoms. The molecule has 8 heteroatoms. The number of halogens is 2. The van der Waals surface area contributed by atoms with E-state index in [1.165, 1.54) is 12.1 Å². The van der Waals surface area contributed by atoms with Crippen LogP contribution in [0.1, 0.15) is 68.8 Å². The molecule has 1 amide bonds. The molecule has 3 N–H and O–H groups in total. The van der Waals surface area contributed by atoms with Crippen molar-refractivity contribution in [3.05, 3.63) is 64.2 Å². The van der Waals surface area contributed by atoms with Gasteiger partial charge in [-0.25, -0.2) is 13.6 Å². The number of fused-ring (bicyclic) bond motifs is 1. The summed E-state index contributed by atoms with van der Waals surface area (Å²) < 4.78 is 32.8. The Kier molecular flexibility index (Phi) is 8.94. The SMILES string of the molecule is [B]c1cc(CC)cc2c1CCC[C@@H]2NC[C@@H](O)[C@H](Cc1cc(F)cc(F)c1)NC(=O)OC(C)(C)C. The summed E-state index contributed by atoms with van der Waals surface area (Å²) in [6, 6.07) is 6.55. The molecule has 2 radical (unpaired) electrons. The van der Waals surface area contributed by atoms with E-state index in [0.717, 1.165) is 53.9 Å². The van der Waals surface area contributed by atoms with E-state index in [0.29, 0.717) is 5.56 Å². The average molecular weight is 484 g/mol. The molecule has 0 unspecified atom stereocenters. The Balaban J connectivity index is 1.76. The Labute approximate surface area is 208 Å². The number of benzene rings is 2. The largest absolute Gasteiger partial charge is 0.444 e. The van der Waals surface area contributed by atoms with Gasteiger partial charge in [0.15, 0.2) is 0 Å². The quantitative estimate of drug-likeness (QED) is 0.499. The van der Waals surface area contributed by atoms with E-state index >= 15 is 0 Å². The number of ether oxygens (including phenoxy) is 1. The molecule has 0 saturated carbocycles. The summed E-state index contributed by atoms with van der Waals surface area (Å²) in [5, 5.41) is 17.1. The molecule has 0 bridgehead atoms. The minimum Gasteiger partial charge on any atom is -0.444 e. The molecule has 188 valence electrons. The summed E-state index contributed by atoms with van der Waals surface area (Å²) >= 11 is 0. The van der Waals surface area contributed by atoms with Gasteiger partial charge in [0.1, 0.15) is 25.1 Å². The van der Waals surface area contributed by atoms with Gasteiger partial charge in [-0.05, 0) is 81.7 Å². The van der Waals surface area contributed by atoms with E-state index in [4.69, 9.17) is 12.6 Å². The highest BCUT2D eigenvalue weighted by Gasteiger charge is 2.28. The molecule has 0 spiro atoms. The highest BCUT2D eigenvalue weighted by atomic mass is 19.1. The number of hydrogen-bond acceptors (Lipinski definition) is 4. The number of carbonyl (C=O) groups excluding carboxylic acids is 1. The van der Waals surface area contributed by atoms with E-state index in [9.17, 15) is 18.7 Å². The van der Waals surface area contributed by atoms with Gasteiger partial charge in [-0.1, -0.05) is 30.1 Å². The molecule has 3 atom stereocenters. The second-order valence-electron chi connectivity index (χ2n) is 10.3. The molecular weight excluding hydrogens is 449 g/mol. The summed E-state index contributed by atoms with van der Waals surface area (Å²) in [7, 11) is 6.30. The van der Waals surface area contributed by atoms with Gasteiger partial charge in [0.05, 0.1) is 12.1 Å². The first-order valence-corrected chi connectivity index (χ1v) is 12.2. The minimum atomic E-state index is -1.04. The predicted molar refractivity (Wildman–Crippen MR) is 134 cm³/mol. The van der Waals surface area contributed by atoms with Crippen LogP contribution in [0.3, 0.4) is 0 Å². The fourth-order valence-electron chi connectivity index (χ4n) is 4.57. The first-order valence-electron chi connectivity index (χ1n) is 12.2. The number of rotatable bonds is 8. The van der Waals surface area contributed by atoms with Crippen molar-refractivity contribution < 1.29 is 23.4 Å². The molecule has 2 aromatic carbocycles. The number of alkyl carbamates (subject to hydrolysis) is 1. The standard InChI is InChI=1S/C27H35BF2N2O3/c1-5-16-11-21-20(22(28)12-16)7-6-8-23(21)31-15-25(33)24(32-26(34)35-27(2,3)4)13-17-9-18(29)14-19(30)10-17/h9-12,14,23-25,31,33H,5-8,13,15H2,1-4H3,(H,32,34)/t23-,24-,25+/m0/s1. The molecule has 5 nitrogen and oxygen atoms in total. The van der Waals surface area contributed by atoms with Crippen LogP contribution in [-0.2, 0) is 24.0 Å². The molecule has 1 aliphatic rings. The van der Waals surface area contributed by atoms with Crippen molar-refractivity contribution in [1.29, 1.82) is 0 Å². The number of hydrogen-bond donors (Lipinski definition) is 3. The fraction of sp³-hybridized carbons (Fsp3) is 0.519. The molecule has 0 heterocycles. The van der Waals surface area contributed by atoms with Gasteiger partial charge < -0.3 is 20.5 Å². The van der Waals surface area contributed by atoms with Crippen molar-refractivity contribution in [3.63, 3.8) is 0 Å². The Morgan fingerprint density at radius 3 is 2.49 bits per heavy atom. The summed E-state index contributed by atoms with van der Waals surface area (Å²) in [6.07, 6.45) is 1.95. The number of amides is 1. The normalized spacial score (nSPS) is 17.4. The van der Waals surface area contributed by atoms with Gasteiger partial charge in [-0.2, -0.15) is 0 Å². The van der Waals surface area contributed by atoms with Crippen LogP contribution >= 0.6 is 0 Å². The lowest BCUT2D eigenvalue weighted by Crippen LogP contribution is -2.50. The second kappa shape index (κ2) is 11.5. The van der Waals surface area contributed by atoms with Crippen molar-refractivity contribution in [2.24, 2.45) is 0 Å². The van der Waals surface area contributed by atoms with Crippen molar-refractivity contribution in [1.82, 2.24) is 10.6 Å². The number of aryl methyl sites for hydroxylation is 1. The van der Waals surface area contributed by atoms with Gasteiger partial charge in [-0.3, -0.25) is 0 Å². The number of aliphatic hydroxyl groups is 1. The van der Waals surface area contributed by atoms with Crippen LogP contribution in [0.25, 0.3) is 0 Å². The van der Waals surface area contributed by atoms with Crippen molar-refractivity contribution in [2.75, 3.05) is 6.54 Å². The summed E-state index contributed by atoms with van der Waals surface area (Å²) in [4.78, 5) is 12.4. The minimum absolute atomic E-state index is 0.0102. The van der Waals surface area contributed by atoms with E-state index in [1.807, 2.05) is 6.07 Å². The first kappa shape index (κ1) is 27.1. The van der Waals surface area contributed by atoms with E-state index in [-0.39, 0.29) is 19.0 Å². The van der Waals surface area contributed by atoms with Gasteiger partial charge in [0.25, 0.3) is 0 Å². The van der Waals surface area contributed by atoms with Crippen LogP contribution < -0.4 is 16.1 Å². The van der Waals surface area contributed by atoms with E-state index in [2.05, 4.69) is 23.6 Å². The van der Waals surface area contributed by atoms with Gasteiger partial charge in [-0.15, -0.1) is 0 Å². The average Bonchev–Trinajstić information content (AvgIpc) is 2.75. The Hall–Kier alpha value is -2.45. The fourth-order valence-corrected chi connectivity index (χ4v) is 4.57. The third-order valence-electron chi connectivity index (χ3n) is 6.20.